The number of hydrogen-bond acceptors (Lipinski definition) is 4. The van der Waals surface area contributed by atoms with Crippen molar-refractivity contribution in [2.45, 2.75) is 78.1 Å². The third kappa shape index (κ3) is 6.81. The summed E-state index contributed by atoms with van der Waals surface area (Å²) in [4.78, 5) is 12.6. The average molecular weight is 399 g/mol. The number of carbonyl (C=O) groups is 1. The minimum absolute atomic E-state index is 0.0133. The number of aryl methyl sites for hydroxylation is 2. The number of unbranched alkanes of at least 4 members (excludes halogenated alkanes) is 6. The highest BCUT2D eigenvalue weighted by Crippen LogP contribution is 2.34. The SMILES string of the molecule is CCCCCCc1ccccc1OC(=O)c1ccc(CCCCCC)c(O)c1O. The van der Waals surface area contributed by atoms with Crippen LogP contribution in [0.5, 0.6) is 17.2 Å². The van der Waals surface area contributed by atoms with E-state index in [-0.39, 0.29) is 11.3 Å². The summed E-state index contributed by atoms with van der Waals surface area (Å²) in [7, 11) is 0. The molecule has 0 fully saturated rings. The summed E-state index contributed by atoms with van der Waals surface area (Å²) >= 11 is 0. The van der Waals surface area contributed by atoms with Crippen LogP contribution < -0.4 is 4.74 Å². The molecule has 2 rings (SSSR count). The lowest BCUT2D eigenvalue weighted by atomic mass is 10.0. The summed E-state index contributed by atoms with van der Waals surface area (Å²) in [5, 5.41) is 20.7. The van der Waals surface area contributed by atoms with E-state index in [0.717, 1.165) is 50.5 Å². The number of esters is 1. The van der Waals surface area contributed by atoms with Crippen molar-refractivity contribution in [3.8, 4) is 17.2 Å². The minimum Gasteiger partial charge on any atom is -0.504 e. The smallest absolute Gasteiger partial charge is 0.347 e. The third-order valence-corrected chi connectivity index (χ3v) is 5.23. The molecule has 4 nitrogen and oxygen atoms in total. The van der Waals surface area contributed by atoms with Gasteiger partial charge in [-0.15, -0.1) is 0 Å². The molecule has 0 aliphatic rings. The maximum absolute atomic E-state index is 12.6. The van der Waals surface area contributed by atoms with Crippen LogP contribution in [0.3, 0.4) is 0 Å². The lowest BCUT2D eigenvalue weighted by Gasteiger charge is -2.13. The molecule has 0 aliphatic carbocycles. The van der Waals surface area contributed by atoms with Crippen LogP contribution in [-0.2, 0) is 12.8 Å². The zero-order valence-corrected chi connectivity index (χ0v) is 17.7. The predicted molar refractivity (Wildman–Crippen MR) is 117 cm³/mol. The number of aromatic hydroxyl groups is 2. The van der Waals surface area contributed by atoms with Crippen LogP contribution in [0.2, 0.25) is 0 Å². The molecule has 29 heavy (non-hydrogen) atoms. The summed E-state index contributed by atoms with van der Waals surface area (Å²) in [6.07, 6.45) is 10.4. The lowest BCUT2D eigenvalue weighted by Crippen LogP contribution is -2.10. The van der Waals surface area contributed by atoms with Crippen molar-refractivity contribution in [3.63, 3.8) is 0 Å². The molecular weight excluding hydrogens is 364 g/mol. The number of phenolic OH excluding ortho intramolecular Hbond substituents is 2. The first kappa shape index (κ1) is 22.8. The first-order chi connectivity index (χ1) is 14.1. The van der Waals surface area contributed by atoms with E-state index < -0.39 is 11.7 Å². The van der Waals surface area contributed by atoms with Gasteiger partial charge in [0.1, 0.15) is 11.3 Å². The molecule has 0 amide bonds. The van der Waals surface area contributed by atoms with E-state index in [1.807, 2.05) is 18.2 Å². The highest BCUT2D eigenvalue weighted by atomic mass is 16.5. The Balaban J connectivity index is 2.06. The second-order valence-corrected chi connectivity index (χ2v) is 7.59. The van der Waals surface area contributed by atoms with E-state index in [4.69, 9.17) is 4.74 Å². The molecule has 0 bridgehead atoms. The van der Waals surface area contributed by atoms with Gasteiger partial charge >= 0.3 is 5.97 Å². The number of phenols is 2. The van der Waals surface area contributed by atoms with Gasteiger partial charge in [0.25, 0.3) is 0 Å². The van der Waals surface area contributed by atoms with Crippen LogP contribution in [0.25, 0.3) is 0 Å². The van der Waals surface area contributed by atoms with Crippen molar-refractivity contribution in [2.75, 3.05) is 0 Å². The van der Waals surface area contributed by atoms with Gasteiger partial charge in [0, 0.05) is 0 Å². The van der Waals surface area contributed by atoms with Gasteiger partial charge in [-0.05, 0) is 48.9 Å². The number of ether oxygens (including phenoxy) is 1. The molecule has 0 atom stereocenters. The maximum Gasteiger partial charge on any atom is 0.347 e. The second kappa shape index (κ2) is 12.2. The monoisotopic (exact) mass is 398 g/mol. The molecule has 0 aliphatic heterocycles. The number of para-hydroxylation sites is 1. The molecule has 4 heteroatoms. The Bertz CT molecular complexity index is 782. The molecule has 158 valence electrons. The van der Waals surface area contributed by atoms with Crippen LogP contribution in [0.15, 0.2) is 36.4 Å². The van der Waals surface area contributed by atoms with E-state index in [1.165, 1.54) is 18.9 Å². The lowest BCUT2D eigenvalue weighted by molar-refractivity contribution is 0.0729. The summed E-state index contributed by atoms with van der Waals surface area (Å²) in [6.45, 7) is 4.32. The van der Waals surface area contributed by atoms with Gasteiger partial charge in [-0.25, -0.2) is 4.79 Å². The van der Waals surface area contributed by atoms with Crippen molar-refractivity contribution in [1.82, 2.24) is 0 Å². The molecule has 0 unspecified atom stereocenters. The summed E-state index contributed by atoms with van der Waals surface area (Å²) < 4.78 is 5.57. The van der Waals surface area contributed by atoms with Gasteiger partial charge in [-0.2, -0.15) is 0 Å². The molecule has 0 aromatic heterocycles. The standard InChI is InChI=1S/C25H34O4/c1-3-5-7-9-13-19-14-11-12-16-22(19)29-25(28)21-18-17-20(23(26)24(21)27)15-10-8-6-4-2/h11-12,14,16-18,26-27H,3-10,13,15H2,1-2H3. The Hall–Kier alpha value is -2.49. The predicted octanol–water partition coefficient (Wildman–Crippen LogP) is 6.56. The zero-order chi connectivity index (χ0) is 21.1. The second-order valence-electron chi connectivity index (χ2n) is 7.59. The Labute approximate surface area is 174 Å². The van der Waals surface area contributed by atoms with Crippen LogP contribution in [0.1, 0.15) is 86.7 Å². The molecule has 0 radical (unpaired) electrons. The number of rotatable bonds is 12. The average Bonchev–Trinajstić information content (AvgIpc) is 2.72. The van der Waals surface area contributed by atoms with Crippen LogP contribution >= 0.6 is 0 Å². The van der Waals surface area contributed by atoms with E-state index in [2.05, 4.69) is 13.8 Å². The normalized spacial score (nSPS) is 10.8. The van der Waals surface area contributed by atoms with Gasteiger partial charge in [-0.1, -0.05) is 76.6 Å². The van der Waals surface area contributed by atoms with Gasteiger partial charge in [0.2, 0.25) is 0 Å². The first-order valence-corrected chi connectivity index (χ1v) is 10.9. The maximum atomic E-state index is 12.6. The summed E-state index contributed by atoms with van der Waals surface area (Å²) in [5.41, 5.74) is 1.63. The van der Waals surface area contributed by atoms with E-state index in [1.54, 1.807) is 12.1 Å². The Morgan fingerprint density at radius 1 is 0.759 bits per heavy atom. The fourth-order valence-electron chi connectivity index (χ4n) is 3.44. The van der Waals surface area contributed by atoms with Crippen molar-refractivity contribution in [2.24, 2.45) is 0 Å². The molecule has 0 heterocycles. The third-order valence-electron chi connectivity index (χ3n) is 5.23. The minimum atomic E-state index is -0.656. The van der Waals surface area contributed by atoms with Crippen LogP contribution in [0, 0.1) is 0 Å². The van der Waals surface area contributed by atoms with Crippen LogP contribution in [0.4, 0.5) is 0 Å². The molecule has 2 N–H and O–H groups in total. The van der Waals surface area contributed by atoms with E-state index in [9.17, 15) is 15.0 Å². The quantitative estimate of drug-likeness (QED) is 0.184. The van der Waals surface area contributed by atoms with E-state index >= 15 is 0 Å². The van der Waals surface area contributed by atoms with Crippen molar-refractivity contribution >= 4 is 5.97 Å². The number of benzene rings is 2. The topological polar surface area (TPSA) is 66.8 Å². The van der Waals surface area contributed by atoms with Gasteiger partial charge < -0.3 is 14.9 Å². The van der Waals surface area contributed by atoms with Crippen molar-refractivity contribution in [1.29, 1.82) is 0 Å². The fraction of sp³-hybridized carbons (Fsp3) is 0.480. The van der Waals surface area contributed by atoms with Crippen molar-refractivity contribution < 1.29 is 19.7 Å². The Kier molecular flexibility index (Phi) is 9.55. The summed E-state index contributed by atoms with van der Waals surface area (Å²) in [5.74, 6) is -0.764. The molecule has 2 aromatic rings. The number of hydrogen-bond donors (Lipinski definition) is 2. The van der Waals surface area contributed by atoms with Gasteiger partial charge in [-0.3, -0.25) is 0 Å². The van der Waals surface area contributed by atoms with Gasteiger partial charge in [0.15, 0.2) is 11.5 Å². The largest absolute Gasteiger partial charge is 0.504 e. The Morgan fingerprint density at radius 2 is 1.38 bits per heavy atom. The summed E-state index contributed by atoms with van der Waals surface area (Å²) in [6, 6.07) is 10.7. The zero-order valence-electron chi connectivity index (χ0n) is 17.7. The molecule has 0 spiro atoms. The fourth-order valence-corrected chi connectivity index (χ4v) is 3.44. The number of carbonyl (C=O) groups excluding carboxylic acids is 1. The molecule has 0 saturated carbocycles. The molecule has 0 saturated heterocycles. The van der Waals surface area contributed by atoms with Gasteiger partial charge in [0.05, 0.1) is 0 Å². The molecular formula is C25H34O4. The van der Waals surface area contributed by atoms with Crippen LogP contribution in [-0.4, -0.2) is 16.2 Å². The Morgan fingerprint density at radius 3 is 2.03 bits per heavy atom. The van der Waals surface area contributed by atoms with E-state index in [0.29, 0.717) is 17.7 Å². The highest BCUT2D eigenvalue weighted by molar-refractivity contribution is 5.95. The first-order valence-electron chi connectivity index (χ1n) is 10.9. The molecule has 2 aromatic carbocycles. The highest BCUT2D eigenvalue weighted by Gasteiger charge is 2.20. The van der Waals surface area contributed by atoms with Crippen molar-refractivity contribution in [3.05, 3.63) is 53.1 Å².